The number of rotatable bonds is 9. The van der Waals surface area contributed by atoms with Crippen molar-refractivity contribution in [3.05, 3.63) is 35.4 Å². The molecule has 5 heteroatoms. The molecule has 0 aliphatic heterocycles. The third kappa shape index (κ3) is 5.27. The Labute approximate surface area is 106 Å². The first-order valence-corrected chi connectivity index (χ1v) is 5.96. The van der Waals surface area contributed by atoms with Gasteiger partial charge in [-0.25, -0.2) is 4.79 Å². The quantitative estimate of drug-likeness (QED) is 0.569. The molecule has 1 aromatic rings. The minimum Gasteiger partial charge on any atom is -0.478 e. The molecule has 0 spiro atoms. The van der Waals surface area contributed by atoms with Crippen LogP contribution in [-0.2, 0) is 11.3 Å². The summed E-state index contributed by atoms with van der Waals surface area (Å²) in [6.45, 7) is 2.28. The van der Waals surface area contributed by atoms with Gasteiger partial charge in [0.15, 0.2) is 0 Å². The van der Waals surface area contributed by atoms with Crippen molar-refractivity contribution < 1.29 is 19.7 Å². The van der Waals surface area contributed by atoms with Crippen molar-refractivity contribution in [1.29, 1.82) is 0 Å². The number of aliphatic hydroxyl groups excluding tert-OH is 1. The smallest absolute Gasteiger partial charge is 0.336 e. The maximum Gasteiger partial charge on any atom is 0.336 e. The Bertz CT molecular complexity index is 368. The molecular formula is C13H19NO4. The van der Waals surface area contributed by atoms with Crippen LogP contribution in [0.2, 0.25) is 0 Å². The van der Waals surface area contributed by atoms with Gasteiger partial charge in [-0.3, -0.25) is 0 Å². The predicted molar refractivity (Wildman–Crippen MR) is 67.6 cm³/mol. The summed E-state index contributed by atoms with van der Waals surface area (Å²) in [5.74, 6) is -0.904. The summed E-state index contributed by atoms with van der Waals surface area (Å²) in [7, 11) is 0. The molecule has 0 unspecified atom stereocenters. The van der Waals surface area contributed by atoms with E-state index in [0.29, 0.717) is 25.3 Å². The van der Waals surface area contributed by atoms with E-state index in [-0.39, 0.29) is 6.61 Å². The second-order valence-electron chi connectivity index (χ2n) is 3.83. The number of nitrogens with one attached hydrogen (secondary N) is 1. The maximum absolute atomic E-state index is 11.0. The van der Waals surface area contributed by atoms with E-state index in [1.165, 1.54) is 0 Å². The molecule has 5 nitrogen and oxygen atoms in total. The van der Waals surface area contributed by atoms with Gasteiger partial charge in [0.2, 0.25) is 0 Å². The van der Waals surface area contributed by atoms with Gasteiger partial charge in [-0.2, -0.15) is 0 Å². The third-order valence-corrected chi connectivity index (χ3v) is 2.44. The second kappa shape index (κ2) is 8.63. The van der Waals surface area contributed by atoms with Crippen LogP contribution in [0.15, 0.2) is 24.3 Å². The first-order chi connectivity index (χ1) is 8.75. The van der Waals surface area contributed by atoms with Crippen LogP contribution in [0, 0.1) is 0 Å². The fourth-order valence-corrected chi connectivity index (χ4v) is 1.57. The highest BCUT2D eigenvalue weighted by Crippen LogP contribution is 2.08. The van der Waals surface area contributed by atoms with Crippen molar-refractivity contribution in [3.63, 3.8) is 0 Å². The Kier molecular flexibility index (Phi) is 7.01. The van der Waals surface area contributed by atoms with Gasteiger partial charge < -0.3 is 20.3 Å². The Morgan fingerprint density at radius 2 is 2.06 bits per heavy atom. The van der Waals surface area contributed by atoms with Crippen LogP contribution in [0.3, 0.4) is 0 Å². The number of benzene rings is 1. The van der Waals surface area contributed by atoms with Gasteiger partial charge in [0.05, 0.1) is 18.8 Å². The van der Waals surface area contributed by atoms with E-state index in [0.717, 1.165) is 18.5 Å². The van der Waals surface area contributed by atoms with Crippen LogP contribution in [0.25, 0.3) is 0 Å². The summed E-state index contributed by atoms with van der Waals surface area (Å²) in [6, 6.07) is 6.95. The van der Waals surface area contributed by atoms with Crippen molar-refractivity contribution in [2.75, 3.05) is 26.4 Å². The number of aromatic carboxylic acids is 1. The number of carboxylic acid groups (broad SMARTS) is 1. The number of carbonyl (C=O) groups is 1. The van der Waals surface area contributed by atoms with Crippen LogP contribution in [0.1, 0.15) is 22.3 Å². The van der Waals surface area contributed by atoms with Crippen LogP contribution in [0.4, 0.5) is 0 Å². The molecule has 0 fully saturated rings. The summed E-state index contributed by atoms with van der Waals surface area (Å²) in [5.41, 5.74) is 1.11. The highest BCUT2D eigenvalue weighted by Gasteiger charge is 2.07. The third-order valence-electron chi connectivity index (χ3n) is 2.44. The monoisotopic (exact) mass is 253 g/mol. The highest BCUT2D eigenvalue weighted by molar-refractivity contribution is 5.89. The molecule has 100 valence electrons. The molecule has 0 aliphatic carbocycles. The lowest BCUT2D eigenvalue weighted by molar-refractivity contribution is 0.0695. The van der Waals surface area contributed by atoms with E-state index < -0.39 is 5.97 Å². The number of hydrogen-bond acceptors (Lipinski definition) is 4. The number of carboxylic acids is 1. The number of aliphatic hydroxyl groups is 1. The van der Waals surface area contributed by atoms with Crippen molar-refractivity contribution in [2.45, 2.75) is 13.0 Å². The molecule has 1 aromatic carbocycles. The molecule has 0 saturated carbocycles. The largest absolute Gasteiger partial charge is 0.478 e. The van der Waals surface area contributed by atoms with E-state index in [4.69, 9.17) is 14.9 Å². The molecule has 0 bridgehead atoms. The van der Waals surface area contributed by atoms with Crippen LogP contribution < -0.4 is 5.32 Å². The zero-order valence-corrected chi connectivity index (χ0v) is 10.3. The Morgan fingerprint density at radius 1 is 1.28 bits per heavy atom. The van der Waals surface area contributed by atoms with E-state index in [9.17, 15) is 4.79 Å². The minimum absolute atomic E-state index is 0.0411. The standard InChI is InChI=1S/C13H19NO4/c15-7-9-18-8-3-6-14-10-11-4-1-2-5-12(11)13(16)17/h1-2,4-5,14-15H,3,6-10H2,(H,16,17). The Morgan fingerprint density at radius 3 is 2.78 bits per heavy atom. The average Bonchev–Trinajstić information content (AvgIpc) is 2.38. The van der Waals surface area contributed by atoms with Crippen molar-refractivity contribution in [1.82, 2.24) is 5.32 Å². The van der Waals surface area contributed by atoms with Gasteiger partial charge >= 0.3 is 5.97 Å². The lowest BCUT2D eigenvalue weighted by Crippen LogP contribution is -2.18. The molecule has 1 rings (SSSR count). The summed E-state index contributed by atoms with van der Waals surface area (Å²) in [5, 5.41) is 20.7. The topological polar surface area (TPSA) is 78.8 Å². The van der Waals surface area contributed by atoms with E-state index >= 15 is 0 Å². The van der Waals surface area contributed by atoms with Gasteiger partial charge in [0.25, 0.3) is 0 Å². The summed E-state index contributed by atoms with van der Waals surface area (Å²) in [4.78, 5) is 11.0. The highest BCUT2D eigenvalue weighted by atomic mass is 16.5. The molecule has 0 radical (unpaired) electrons. The normalized spacial score (nSPS) is 10.5. The minimum atomic E-state index is -0.904. The van der Waals surface area contributed by atoms with Crippen molar-refractivity contribution in [2.24, 2.45) is 0 Å². The lowest BCUT2D eigenvalue weighted by Gasteiger charge is -2.08. The van der Waals surface area contributed by atoms with Gasteiger partial charge in [-0.05, 0) is 24.6 Å². The fourth-order valence-electron chi connectivity index (χ4n) is 1.57. The number of ether oxygens (including phenoxy) is 1. The SMILES string of the molecule is O=C(O)c1ccccc1CNCCCOCCO. The maximum atomic E-state index is 11.0. The van der Waals surface area contributed by atoms with E-state index in [2.05, 4.69) is 5.32 Å². The summed E-state index contributed by atoms with van der Waals surface area (Å²) >= 11 is 0. The number of hydrogen-bond donors (Lipinski definition) is 3. The molecule has 3 N–H and O–H groups in total. The van der Waals surface area contributed by atoms with Gasteiger partial charge in [-0.15, -0.1) is 0 Å². The Hall–Kier alpha value is -1.43. The van der Waals surface area contributed by atoms with Crippen molar-refractivity contribution in [3.8, 4) is 0 Å². The van der Waals surface area contributed by atoms with Crippen molar-refractivity contribution >= 4 is 5.97 Å². The molecule has 0 saturated heterocycles. The molecule has 18 heavy (non-hydrogen) atoms. The molecule has 0 aliphatic rings. The van der Waals surface area contributed by atoms with E-state index in [1.54, 1.807) is 18.2 Å². The van der Waals surface area contributed by atoms with Gasteiger partial charge in [-0.1, -0.05) is 18.2 Å². The fraction of sp³-hybridized carbons (Fsp3) is 0.462. The average molecular weight is 253 g/mol. The first kappa shape index (κ1) is 14.6. The van der Waals surface area contributed by atoms with Crippen LogP contribution in [0.5, 0.6) is 0 Å². The molecule has 0 atom stereocenters. The van der Waals surface area contributed by atoms with Crippen LogP contribution >= 0.6 is 0 Å². The molecule has 0 aromatic heterocycles. The van der Waals surface area contributed by atoms with Gasteiger partial charge in [0.1, 0.15) is 0 Å². The van der Waals surface area contributed by atoms with Crippen LogP contribution in [-0.4, -0.2) is 42.5 Å². The molecule has 0 heterocycles. The predicted octanol–water partition coefficient (Wildman–Crippen LogP) is 0.873. The molecule has 0 amide bonds. The summed E-state index contributed by atoms with van der Waals surface area (Å²) in [6.07, 6.45) is 0.829. The van der Waals surface area contributed by atoms with Gasteiger partial charge in [0, 0.05) is 13.2 Å². The summed E-state index contributed by atoms with van der Waals surface area (Å²) < 4.78 is 5.11. The van der Waals surface area contributed by atoms with E-state index in [1.807, 2.05) is 6.07 Å². The zero-order valence-electron chi connectivity index (χ0n) is 10.3. The Balaban J connectivity index is 2.25. The zero-order chi connectivity index (χ0) is 13.2. The second-order valence-corrected chi connectivity index (χ2v) is 3.83. The first-order valence-electron chi connectivity index (χ1n) is 5.96. The lowest BCUT2D eigenvalue weighted by atomic mass is 10.1. The molecular weight excluding hydrogens is 234 g/mol.